The number of hydrogen-bond donors (Lipinski definition) is 1. The Kier molecular flexibility index (Phi) is 3.05. The molecule has 1 saturated carbocycles. The minimum absolute atomic E-state index is 0.254. The van der Waals surface area contributed by atoms with E-state index in [4.69, 9.17) is 4.74 Å². The summed E-state index contributed by atoms with van der Waals surface area (Å²) in [5.41, 5.74) is 0.341. The van der Waals surface area contributed by atoms with Crippen LogP contribution >= 0.6 is 0 Å². The van der Waals surface area contributed by atoms with Crippen LogP contribution in [-0.2, 0) is 0 Å². The number of benzene rings is 1. The average Bonchev–Trinajstić information content (AvgIpc) is 2.36. The van der Waals surface area contributed by atoms with Gasteiger partial charge in [0.15, 0.2) is 0 Å². The van der Waals surface area contributed by atoms with Crippen molar-refractivity contribution in [1.29, 1.82) is 0 Å². The second kappa shape index (κ2) is 4.48. The molecular formula is C16H21FO2. The number of ether oxygens (including phenoxy) is 1. The molecule has 1 aromatic carbocycles. The zero-order valence-corrected chi connectivity index (χ0v) is 11.5. The Bertz CT molecular complexity index is 488. The molecule has 1 aliphatic heterocycles. The van der Waals surface area contributed by atoms with E-state index in [0.717, 1.165) is 19.3 Å². The molecule has 104 valence electrons. The quantitative estimate of drug-likeness (QED) is 0.771. The van der Waals surface area contributed by atoms with Crippen LogP contribution < -0.4 is 4.74 Å². The summed E-state index contributed by atoms with van der Waals surface area (Å²) in [5.74, 6) is 1.65. The lowest BCUT2D eigenvalue weighted by Crippen LogP contribution is -2.46. The minimum atomic E-state index is -0.611. The molecule has 1 aromatic rings. The van der Waals surface area contributed by atoms with Gasteiger partial charge in [0.2, 0.25) is 0 Å². The van der Waals surface area contributed by atoms with Crippen molar-refractivity contribution in [3.8, 4) is 5.75 Å². The molecule has 1 N–H and O–H groups in total. The van der Waals surface area contributed by atoms with E-state index in [2.05, 4.69) is 13.8 Å². The van der Waals surface area contributed by atoms with Gasteiger partial charge in [-0.2, -0.15) is 0 Å². The van der Waals surface area contributed by atoms with Crippen LogP contribution in [0.5, 0.6) is 5.75 Å². The Labute approximate surface area is 113 Å². The molecule has 19 heavy (non-hydrogen) atoms. The van der Waals surface area contributed by atoms with Gasteiger partial charge in [0, 0.05) is 12.0 Å². The Morgan fingerprint density at radius 3 is 2.79 bits per heavy atom. The van der Waals surface area contributed by atoms with E-state index >= 15 is 0 Å². The molecule has 1 heterocycles. The first-order chi connectivity index (χ1) is 8.99. The van der Waals surface area contributed by atoms with E-state index in [1.54, 1.807) is 6.07 Å². The van der Waals surface area contributed by atoms with Gasteiger partial charge in [0.05, 0.1) is 6.10 Å². The van der Waals surface area contributed by atoms with E-state index in [-0.39, 0.29) is 11.4 Å². The zero-order chi connectivity index (χ0) is 13.6. The fourth-order valence-corrected chi connectivity index (χ4v) is 3.55. The van der Waals surface area contributed by atoms with Crippen LogP contribution in [0.25, 0.3) is 0 Å². The third kappa shape index (κ3) is 2.25. The SMILES string of the molecule is CC1CCC2(CC1C)C[C@H](O)c1cc(F)ccc1O2. The summed E-state index contributed by atoms with van der Waals surface area (Å²) >= 11 is 0. The van der Waals surface area contributed by atoms with Gasteiger partial charge in [-0.25, -0.2) is 4.39 Å². The molecule has 4 atom stereocenters. The smallest absolute Gasteiger partial charge is 0.126 e. The Balaban J connectivity index is 1.90. The summed E-state index contributed by atoms with van der Waals surface area (Å²) < 4.78 is 19.4. The lowest BCUT2D eigenvalue weighted by molar-refractivity contribution is -0.0603. The summed E-state index contributed by atoms with van der Waals surface area (Å²) in [7, 11) is 0. The van der Waals surface area contributed by atoms with Crippen LogP contribution in [0.1, 0.15) is 51.2 Å². The maximum absolute atomic E-state index is 13.2. The molecule has 0 radical (unpaired) electrons. The number of aliphatic hydroxyl groups is 1. The Hall–Kier alpha value is -1.09. The predicted molar refractivity (Wildman–Crippen MR) is 71.5 cm³/mol. The number of halogens is 1. The van der Waals surface area contributed by atoms with Crippen LogP contribution in [0.2, 0.25) is 0 Å². The molecule has 1 fully saturated rings. The van der Waals surface area contributed by atoms with Gasteiger partial charge in [-0.1, -0.05) is 13.8 Å². The highest BCUT2D eigenvalue weighted by Crippen LogP contribution is 2.48. The Morgan fingerprint density at radius 2 is 2.05 bits per heavy atom. The van der Waals surface area contributed by atoms with Crippen LogP contribution in [0, 0.1) is 17.7 Å². The van der Waals surface area contributed by atoms with E-state index in [0.29, 0.717) is 29.6 Å². The highest BCUT2D eigenvalue weighted by molar-refractivity contribution is 5.38. The predicted octanol–water partition coefficient (Wildman–Crippen LogP) is 3.84. The summed E-state index contributed by atoms with van der Waals surface area (Å²) in [5, 5.41) is 10.3. The fraction of sp³-hybridized carbons (Fsp3) is 0.625. The fourth-order valence-electron chi connectivity index (χ4n) is 3.55. The first-order valence-corrected chi connectivity index (χ1v) is 7.16. The topological polar surface area (TPSA) is 29.5 Å². The van der Waals surface area contributed by atoms with Gasteiger partial charge in [-0.3, -0.25) is 0 Å². The van der Waals surface area contributed by atoms with Crippen LogP contribution in [-0.4, -0.2) is 10.7 Å². The van der Waals surface area contributed by atoms with E-state index in [1.807, 2.05) is 0 Å². The first kappa shape index (κ1) is 12.9. The minimum Gasteiger partial charge on any atom is -0.487 e. The lowest BCUT2D eigenvalue weighted by Gasteiger charge is -2.46. The summed E-state index contributed by atoms with van der Waals surface area (Å²) in [6.45, 7) is 4.53. The van der Waals surface area contributed by atoms with Crippen molar-refractivity contribution in [3.05, 3.63) is 29.6 Å². The van der Waals surface area contributed by atoms with Crippen molar-refractivity contribution in [3.63, 3.8) is 0 Å². The molecule has 1 aliphatic carbocycles. The molecule has 0 bridgehead atoms. The molecule has 0 aromatic heterocycles. The van der Waals surface area contributed by atoms with Gasteiger partial charge in [-0.15, -0.1) is 0 Å². The lowest BCUT2D eigenvalue weighted by atomic mass is 9.69. The standard InChI is InChI=1S/C16H21FO2/c1-10-5-6-16(8-11(10)2)9-14(18)13-7-12(17)3-4-15(13)19-16/h3-4,7,10-11,14,18H,5-6,8-9H2,1-2H3/t10?,11?,14-,16?/m0/s1. The molecule has 2 nitrogen and oxygen atoms in total. The third-order valence-electron chi connectivity index (χ3n) is 4.94. The van der Waals surface area contributed by atoms with Crippen molar-refractivity contribution in [1.82, 2.24) is 0 Å². The molecule has 3 heteroatoms. The molecule has 2 aliphatic rings. The summed E-state index contributed by atoms with van der Waals surface area (Å²) in [6, 6.07) is 4.44. The van der Waals surface area contributed by atoms with Gasteiger partial charge in [0.1, 0.15) is 17.2 Å². The maximum atomic E-state index is 13.2. The molecule has 3 rings (SSSR count). The number of aliphatic hydroxyl groups excluding tert-OH is 1. The van der Waals surface area contributed by atoms with Crippen molar-refractivity contribution in [2.45, 2.75) is 51.2 Å². The molecule has 1 spiro atoms. The molecular weight excluding hydrogens is 243 g/mol. The van der Waals surface area contributed by atoms with Crippen LogP contribution in [0.15, 0.2) is 18.2 Å². The van der Waals surface area contributed by atoms with Crippen LogP contribution in [0.4, 0.5) is 4.39 Å². The largest absolute Gasteiger partial charge is 0.487 e. The second-order valence-corrected chi connectivity index (χ2v) is 6.38. The summed E-state index contributed by atoms with van der Waals surface area (Å²) in [6.07, 6.45) is 3.05. The molecule has 0 amide bonds. The number of fused-ring (bicyclic) bond motifs is 1. The number of hydrogen-bond acceptors (Lipinski definition) is 2. The van der Waals surface area contributed by atoms with E-state index in [1.165, 1.54) is 12.1 Å². The highest BCUT2D eigenvalue weighted by Gasteiger charge is 2.44. The third-order valence-corrected chi connectivity index (χ3v) is 4.94. The average molecular weight is 264 g/mol. The van der Waals surface area contributed by atoms with Crippen molar-refractivity contribution in [2.75, 3.05) is 0 Å². The normalized spacial score (nSPS) is 37.8. The van der Waals surface area contributed by atoms with Crippen molar-refractivity contribution < 1.29 is 14.2 Å². The second-order valence-electron chi connectivity index (χ2n) is 6.38. The maximum Gasteiger partial charge on any atom is 0.126 e. The van der Waals surface area contributed by atoms with Gasteiger partial charge in [-0.05, 0) is 49.3 Å². The first-order valence-electron chi connectivity index (χ1n) is 7.16. The van der Waals surface area contributed by atoms with Gasteiger partial charge in [0.25, 0.3) is 0 Å². The molecule has 0 saturated heterocycles. The number of rotatable bonds is 0. The highest BCUT2D eigenvalue weighted by atomic mass is 19.1. The summed E-state index contributed by atoms with van der Waals surface area (Å²) in [4.78, 5) is 0. The van der Waals surface area contributed by atoms with Crippen LogP contribution in [0.3, 0.4) is 0 Å². The van der Waals surface area contributed by atoms with E-state index in [9.17, 15) is 9.50 Å². The molecule has 3 unspecified atom stereocenters. The van der Waals surface area contributed by atoms with Gasteiger partial charge < -0.3 is 9.84 Å². The van der Waals surface area contributed by atoms with Gasteiger partial charge >= 0.3 is 0 Å². The van der Waals surface area contributed by atoms with Crippen molar-refractivity contribution in [2.24, 2.45) is 11.8 Å². The van der Waals surface area contributed by atoms with Crippen molar-refractivity contribution >= 4 is 0 Å². The Morgan fingerprint density at radius 1 is 1.26 bits per heavy atom. The van der Waals surface area contributed by atoms with E-state index < -0.39 is 6.10 Å². The monoisotopic (exact) mass is 264 g/mol. The zero-order valence-electron chi connectivity index (χ0n) is 11.5.